The highest BCUT2D eigenvalue weighted by Gasteiger charge is 2.31. The fraction of sp³-hybridized carbons (Fsp3) is 0.667. The first kappa shape index (κ1) is 15.5. The Balaban J connectivity index is 1.99. The van der Waals surface area contributed by atoms with E-state index in [1.807, 2.05) is 0 Å². The molecule has 112 valence electrons. The maximum Gasteiger partial charge on any atom is 0.0239 e. The van der Waals surface area contributed by atoms with Crippen LogP contribution in [0.5, 0.6) is 0 Å². The molecule has 1 aromatic rings. The Kier molecular flexibility index (Phi) is 4.55. The molecule has 1 heterocycles. The van der Waals surface area contributed by atoms with Crippen LogP contribution in [0.4, 0.5) is 0 Å². The van der Waals surface area contributed by atoms with Crippen LogP contribution >= 0.6 is 0 Å². The zero-order chi connectivity index (χ0) is 14.8. The molecule has 0 atom stereocenters. The molecular weight excluding hydrogens is 244 g/mol. The van der Waals surface area contributed by atoms with Crippen LogP contribution in [0, 0.1) is 0 Å². The van der Waals surface area contributed by atoms with Gasteiger partial charge in [0, 0.05) is 24.2 Å². The molecule has 1 aliphatic rings. The van der Waals surface area contributed by atoms with Crippen LogP contribution in [0.25, 0.3) is 0 Å². The number of nitrogens with one attached hydrogen (secondary N) is 1. The van der Waals surface area contributed by atoms with Crippen LogP contribution in [-0.4, -0.2) is 22.5 Å². The topological polar surface area (TPSA) is 15.3 Å². The zero-order valence-electron chi connectivity index (χ0n) is 13.8. The SMILES string of the molecule is CC(C)(C)NCc1cccc(CN2CCCC2(C)C)c1. The van der Waals surface area contributed by atoms with Crippen molar-refractivity contribution in [3.05, 3.63) is 35.4 Å². The monoisotopic (exact) mass is 274 g/mol. The predicted octanol–water partition coefficient (Wildman–Crippen LogP) is 3.95. The lowest BCUT2D eigenvalue weighted by atomic mass is 10.0. The zero-order valence-corrected chi connectivity index (χ0v) is 13.8. The Morgan fingerprint density at radius 3 is 2.50 bits per heavy atom. The Morgan fingerprint density at radius 2 is 1.90 bits per heavy atom. The summed E-state index contributed by atoms with van der Waals surface area (Å²) < 4.78 is 0. The van der Waals surface area contributed by atoms with Gasteiger partial charge in [0.2, 0.25) is 0 Å². The predicted molar refractivity (Wildman–Crippen MR) is 86.8 cm³/mol. The molecule has 0 saturated carbocycles. The first-order valence-corrected chi connectivity index (χ1v) is 7.84. The van der Waals surface area contributed by atoms with Gasteiger partial charge in [-0.25, -0.2) is 0 Å². The molecule has 2 rings (SSSR count). The summed E-state index contributed by atoms with van der Waals surface area (Å²) in [6.45, 7) is 14.6. The first-order valence-electron chi connectivity index (χ1n) is 7.84. The fourth-order valence-electron chi connectivity index (χ4n) is 2.88. The molecule has 0 bridgehead atoms. The molecular formula is C18H30N2. The third-order valence-electron chi connectivity index (χ3n) is 4.26. The van der Waals surface area contributed by atoms with Gasteiger partial charge in [-0.3, -0.25) is 4.90 Å². The van der Waals surface area contributed by atoms with Crippen LogP contribution in [0.1, 0.15) is 58.6 Å². The van der Waals surface area contributed by atoms with E-state index < -0.39 is 0 Å². The first-order chi connectivity index (χ1) is 9.26. The summed E-state index contributed by atoms with van der Waals surface area (Å²) in [7, 11) is 0. The largest absolute Gasteiger partial charge is 0.308 e. The van der Waals surface area contributed by atoms with Gasteiger partial charge in [-0.2, -0.15) is 0 Å². The van der Waals surface area contributed by atoms with Gasteiger partial charge in [0.25, 0.3) is 0 Å². The van der Waals surface area contributed by atoms with Gasteiger partial charge in [-0.15, -0.1) is 0 Å². The maximum absolute atomic E-state index is 3.56. The van der Waals surface area contributed by atoms with Crippen molar-refractivity contribution < 1.29 is 0 Å². The van der Waals surface area contributed by atoms with Gasteiger partial charge in [0.15, 0.2) is 0 Å². The number of likely N-dealkylation sites (tertiary alicyclic amines) is 1. The summed E-state index contributed by atoms with van der Waals surface area (Å²) in [6, 6.07) is 9.03. The smallest absolute Gasteiger partial charge is 0.0239 e. The van der Waals surface area contributed by atoms with Crippen molar-refractivity contribution in [3.63, 3.8) is 0 Å². The highest BCUT2D eigenvalue weighted by atomic mass is 15.2. The minimum atomic E-state index is 0.174. The highest BCUT2D eigenvalue weighted by Crippen LogP contribution is 2.29. The van der Waals surface area contributed by atoms with Gasteiger partial charge < -0.3 is 5.32 Å². The van der Waals surface area contributed by atoms with Crippen molar-refractivity contribution in [2.75, 3.05) is 6.54 Å². The molecule has 0 aliphatic carbocycles. The van der Waals surface area contributed by atoms with E-state index in [0.29, 0.717) is 5.54 Å². The van der Waals surface area contributed by atoms with E-state index in [1.165, 1.54) is 30.5 Å². The van der Waals surface area contributed by atoms with Crippen molar-refractivity contribution in [2.24, 2.45) is 0 Å². The molecule has 1 N–H and O–H groups in total. The lowest BCUT2D eigenvalue weighted by molar-refractivity contribution is 0.166. The summed E-state index contributed by atoms with van der Waals surface area (Å²) in [4.78, 5) is 2.61. The molecule has 2 nitrogen and oxygen atoms in total. The fourth-order valence-corrected chi connectivity index (χ4v) is 2.88. The molecule has 0 amide bonds. The van der Waals surface area contributed by atoms with Crippen molar-refractivity contribution >= 4 is 0 Å². The summed E-state index contributed by atoms with van der Waals surface area (Å²) in [5.74, 6) is 0. The molecule has 1 aromatic carbocycles. The minimum Gasteiger partial charge on any atom is -0.308 e. The summed E-state index contributed by atoms with van der Waals surface area (Å²) in [6.07, 6.45) is 2.65. The normalized spacial score (nSPS) is 19.4. The highest BCUT2D eigenvalue weighted by molar-refractivity contribution is 5.24. The van der Waals surface area contributed by atoms with Crippen LogP contribution in [0.15, 0.2) is 24.3 Å². The summed E-state index contributed by atoms with van der Waals surface area (Å²) in [5, 5.41) is 3.56. The van der Waals surface area contributed by atoms with Crippen LogP contribution < -0.4 is 5.32 Å². The van der Waals surface area contributed by atoms with Crippen molar-refractivity contribution in [1.29, 1.82) is 0 Å². The van der Waals surface area contributed by atoms with Gasteiger partial charge in [0.1, 0.15) is 0 Å². The van der Waals surface area contributed by atoms with E-state index in [4.69, 9.17) is 0 Å². The summed E-state index contributed by atoms with van der Waals surface area (Å²) >= 11 is 0. The third-order valence-corrected chi connectivity index (χ3v) is 4.26. The Hall–Kier alpha value is -0.860. The van der Waals surface area contributed by atoms with Crippen LogP contribution in [0.2, 0.25) is 0 Å². The third kappa shape index (κ3) is 4.32. The van der Waals surface area contributed by atoms with Crippen LogP contribution in [-0.2, 0) is 13.1 Å². The second kappa shape index (κ2) is 5.87. The van der Waals surface area contributed by atoms with Gasteiger partial charge in [-0.05, 0) is 65.1 Å². The molecule has 1 aliphatic heterocycles. The second-order valence-corrected chi connectivity index (χ2v) is 7.76. The van der Waals surface area contributed by atoms with Crippen molar-refractivity contribution in [1.82, 2.24) is 10.2 Å². The van der Waals surface area contributed by atoms with Gasteiger partial charge in [0.05, 0.1) is 0 Å². The van der Waals surface area contributed by atoms with E-state index >= 15 is 0 Å². The number of rotatable bonds is 4. The number of benzene rings is 1. The van der Waals surface area contributed by atoms with Crippen molar-refractivity contribution in [2.45, 2.75) is 71.6 Å². The number of hydrogen-bond donors (Lipinski definition) is 1. The quantitative estimate of drug-likeness (QED) is 0.894. The average Bonchev–Trinajstić information content (AvgIpc) is 2.66. The minimum absolute atomic E-state index is 0.174. The molecule has 0 spiro atoms. The molecule has 2 heteroatoms. The molecule has 0 unspecified atom stereocenters. The number of nitrogens with zero attached hydrogens (tertiary/aromatic N) is 1. The molecule has 20 heavy (non-hydrogen) atoms. The Bertz CT molecular complexity index is 443. The lowest BCUT2D eigenvalue weighted by Gasteiger charge is -2.31. The van der Waals surface area contributed by atoms with E-state index in [-0.39, 0.29) is 5.54 Å². The Labute approximate surface area is 124 Å². The molecule has 0 aromatic heterocycles. The van der Waals surface area contributed by atoms with E-state index in [1.54, 1.807) is 0 Å². The van der Waals surface area contributed by atoms with E-state index in [0.717, 1.165) is 13.1 Å². The number of hydrogen-bond acceptors (Lipinski definition) is 2. The molecule has 1 saturated heterocycles. The standard InChI is InChI=1S/C18H30N2/c1-17(2,3)19-13-15-8-6-9-16(12-15)14-20-11-7-10-18(20,4)5/h6,8-9,12,19H,7,10-11,13-14H2,1-5H3. The van der Waals surface area contributed by atoms with Gasteiger partial charge in [-0.1, -0.05) is 24.3 Å². The van der Waals surface area contributed by atoms with Gasteiger partial charge >= 0.3 is 0 Å². The van der Waals surface area contributed by atoms with Crippen molar-refractivity contribution in [3.8, 4) is 0 Å². The van der Waals surface area contributed by atoms with E-state index in [2.05, 4.69) is 69.1 Å². The average molecular weight is 274 g/mol. The summed E-state index contributed by atoms with van der Waals surface area (Å²) in [5.41, 5.74) is 3.36. The molecule has 0 radical (unpaired) electrons. The van der Waals surface area contributed by atoms with Crippen LogP contribution in [0.3, 0.4) is 0 Å². The molecule has 1 fully saturated rings. The maximum atomic E-state index is 3.56. The second-order valence-electron chi connectivity index (χ2n) is 7.76. The Morgan fingerprint density at radius 1 is 1.20 bits per heavy atom. The van der Waals surface area contributed by atoms with E-state index in [9.17, 15) is 0 Å². The lowest BCUT2D eigenvalue weighted by Crippen LogP contribution is -2.37.